The number of anilines is 1. The first-order valence-electron chi connectivity index (χ1n) is 13.6. The van der Waals surface area contributed by atoms with Gasteiger partial charge in [-0.15, -0.1) is 20.4 Å². The molecule has 2 aliphatic rings. The molecular formula is C29H28FN7O3S. The fourth-order valence-corrected chi connectivity index (χ4v) is 5.68. The lowest BCUT2D eigenvalue weighted by Gasteiger charge is -2.34. The van der Waals surface area contributed by atoms with Gasteiger partial charge in [-0.25, -0.2) is 4.39 Å². The average molecular weight is 574 g/mol. The second kappa shape index (κ2) is 10.4. The third kappa shape index (κ3) is 5.13. The number of hydrogen-bond donors (Lipinski definition) is 0. The van der Waals surface area contributed by atoms with Gasteiger partial charge in [0.2, 0.25) is 17.2 Å². The summed E-state index contributed by atoms with van der Waals surface area (Å²) in [5.41, 5.74) is 3.18. The maximum absolute atomic E-state index is 15.4. The van der Waals surface area contributed by atoms with Gasteiger partial charge in [-0.1, -0.05) is 29.5 Å². The van der Waals surface area contributed by atoms with Crippen LogP contribution in [0.2, 0.25) is 0 Å². The van der Waals surface area contributed by atoms with Crippen LogP contribution in [0.4, 0.5) is 10.1 Å². The molecule has 0 N–H and O–H groups in total. The van der Waals surface area contributed by atoms with E-state index in [9.17, 15) is 4.79 Å². The molecule has 2 fully saturated rings. The minimum Gasteiger partial charge on any atom is -0.420 e. The van der Waals surface area contributed by atoms with Crippen molar-refractivity contribution in [2.75, 3.05) is 38.1 Å². The standard InChI is InChI=1S/C29H28FN7O3S/c1-17-3-5-18(6-4-17)27-32-31-25(39-27)16-41-29-34-33-28(40-29)21-15-37(19-7-8-19)23-14-24(22(30)13-20(23)26(21)38)36-11-9-35(2)10-12-36/h3-6,13-15,19H,7-12,16H2,1-2H3. The molecule has 1 saturated carbocycles. The van der Waals surface area contributed by atoms with E-state index >= 15 is 4.39 Å². The summed E-state index contributed by atoms with van der Waals surface area (Å²) < 4.78 is 29.1. The number of fused-ring (bicyclic) bond motifs is 1. The normalized spacial score (nSPS) is 16.1. The SMILES string of the molecule is Cc1ccc(-c2nnc(CSc3nnc(-c4cn(C5CC5)c5cc(N6CCN(C)CC6)c(F)cc5c4=O)o3)o2)cc1. The van der Waals surface area contributed by atoms with Crippen molar-refractivity contribution >= 4 is 28.4 Å². The first-order chi connectivity index (χ1) is 19.9. The Morgan fingerprint density at radius 1 is 0.976 bits per heavy atom. The molecule has 0 amide bonds. The zero-order valence-electron chi connectivity index (χ0n) is 22.7. The fraction of sp³-hybridized carbons (Fsp3) is 0.345. The van der Waals surface area contributed by atoms with E-state index in [-0.39, 0.29) is 28.1 Å². The molecule has 12 heteroatoms. The Morgan fingerprint density at radius 2 is 1.73 bits per heavy atom. The van der Waals surface area contributed by atoms with Crippen molar-refractivity contribution in [3.8, 4) is 22.9 Å². The van der Waals surface area contributed by atoms with Gasteiger partial charge in [-0.3, -0.25) is 4.79 Å². The van der Waals surface area contributed by atoms with Gasteiger partial charge in [0.15, 0.2) is 0 Å². The summed E-state index contributed by atoms with van der Waals surface area (Å²) >= 11 is 1.24. The highest BCUT2D eigenvalue weighted by atomic mass is 32.2. The quantitative estimate of drug-likeness (QED) is 0.249. The monoisotopic (exact) mass is 573 g/mol. The minimum atomic E-state index is -0.398. The summed E-state index contributed by atoms with van der Waals surface area (Å²) in [6, 6.07) is 11.3. The van der Waals surface area contributed by atoms with Gasteiger partial charge >= 0.3 is 0 Å². The van der Waals surface area contributed by atoms with Crippen LogP contribution in [-0.4, -0.2) is 63.1 Å². The topological polar surface area (TPSA) is 106 Å². The second-order valence-electron chi connectivity index (χ2n) is 10.7. The van der Waals surface area contributed by atoms with E-state index in [2.05, 4.69) is 41.8 Å². The Morgan fingerprint density at radius 3 is 2.49 bits per heavy atom. The molecule has 0 radical (unpaired) electrons. The molecule has 7 rings (SSSR count). The van der Waals surface area contributed by atoms with Gasteiger partial charge in [-0.2, -0.15) is 0 Å². The lowest BCUT2D eigenvalue weighted by molar-refractivity contribution is 0.312. The summed E-state index contributed by atoms with van der Waals surface area (Å²) in [6.45, 7) is 5.22. The maximum atomic E-state index is 15.4. The summed E-state index contributed by atoms with van der Waals surface area (Å²) in [4.78, 5) is 17.9. The van der Waals surface area contributed by atoms with Gasteiger partial charge in [0.05, 0.1) is 17.0 Å². The van der Waals surface area contributed by atoms with Crippen LogP contribution in [0.1, 0.15) is 30.3 Å². The van der Waals surface area contributed by atoms with E-state index in [0.29, 0.717) is 28.6 Å². The number of likely N-dealkylation sites (N-methyl/N-ethyl adjacent to an activating group) is 1. The van der Waals surface area contributed by atoms with E-state index in [0.717, 1.165) is 55.7 Å². The number of aromatic nitrogens is 5. The van der Waals surface area contributed by atoms with Crippen LogP contribution in [0.15, 0.2) is 61.4 Å². The molecular weight excluding hydrogens is 545 g/mol. The molecule has 10 nitrogen and oxygen atoms in total. The Kier molecular flexibility index (Phi) is 6.58. The van der Waals surface area contributed by atoms with Crippen molar-refractivity contribution in [2.45, 2.75) is 36.8 Å². The van der Waals surface area contributed by atoms with Gasteiger partial charge in [-0.05, 0) is 51.1 Å². The Hall–Kier alpha value is -4.03. The number of pyridine rings is 1. The Labute approximate surface area is 239 Å². The molecule has 1 saturated heterocycles. The zero-order valence-corrected chi connectivity index (χ0v) is 23.5. The van der Waals surface area contributed by atoms with Crippen LogP contribution in [-0.2, 0) is 5.75 Å². The van der Waals surface area contributed by atoms with E-state index in [1.54, 1.807) is 6.20 Å². The van der Waals surface area contributed by atoms with Crippen LogP contribution in [0.25, 0.3) is 33.8 Å². The maximum Gasteiger partial charge on any atom is 0.277 e. The summed E-state index contributed by atoms with van der Waals surface area (Å²) in [7, 11) is 2.06. The van der Waals surface area contributed by atoms with Crippen molar-refractivity contribution in [1.29, 1.82) is 0 Å². The fourth-order valence-electron chi connectivity index (χ4n) is 5.08. The lowest BCUT2D eigenvalue weighted by Crippen LogP contribution is -2.44. The average Bonchev–Trinajstić information content (AvgIpc) is 3.52. The Bertz CT molecular complexity index is 1790. The first-order valence-corrected chi connectivity index (χ1v) is 14.6. The summed E-state index contributed by atoms with van der Waals surface area (Å²) in [5, 5.41) is 17.1. The van der Waals surface area contributed by atoms with E-state index in [1.165, 1.54) is 17.8 Å². The van der Waals surface area contributed by atoms with Gasteiger partial charge in [0.1, 0.15) is 11.4 Å². The highest BCUT2D eigenvalue weighted by Crippen LogP contribution is 2.39. The van der Waals surface area contributed by atoms with Crippen molar-refractivity contribution in [2.24, 2.45) is 0 Å². The number of aryl methyl sites for hydroxylation is 1. The van der Waals surface area contributed by atoms with Crippen LogP contribution >= 0.6 is 11.8 Å². The first kappa shape index (κ1) is 25.9. The van der Waals surface area contributed by atoms with Gasteiger partial charge < -0.3 is 23.2 Å². The van der Waals surface area contributed by atoms with Crippen LogP contribution in [0, 0.1) is 12.7 Å². The number of benzene rings is 2. The summed E-state index contributed by atoms with van der Waals surface area (Å²) in [6.07, 6.45) is 3.78. The van der Waals surface area contributed by atoms with E-state index in [4.69, 9.17) is 8.83 Å². The predicted octanol–water partition coefficient (Wildman–Crippen LogP) is 4.93. The molecule has 2 aromatic carbocycles. The number of hydrogen-bond acceptors (Lipinski definition) is 10. The molecule has 1 aliphatic carbocycles. The largest absolute Gasteiger partial charge is 0.420 e. The van der Waals surface area contributed by atoms with Gasteiger partial charge in [0, 0.05) is 49.4 Å². The number of rotatable bonds is 7. The van der Waals surface area contributed by atoms with E-state index in [1.807, 2.05) is 37.3 Å². The third-order valence-corrected chi connectivity index (χ3v) is 8.41. The lowest BCUT2D eigenvalue weighted by atomic mass is 10.1. The molecule has 4 heterocycles. The molecule has 0 atom stereocenters. The smallest absolute Gasteiger partial charge is 0.277 e. The van der Waals surface area contributed by atoms with Crippen LogP contribution in [0.3, 0.4) is 0 Å². The van der Waals surface area contributed by atoms with Crippen LogP contribution < -0.4 is 10.3 Å². The van der Waals surface area contributed by atoms with Crippen molar-refractivity contribution in [3.05, 3.63) is 70.1 Å². The number of piperazine rings is 1. The highest BCUT2D eigenvalue weighted by Gasteiger charge is 2.28. The van der Waals surface area contributed by atoms with Crippen molar-refractivity contribution < 1.29 is 13.2 Å². The molecule has 0 bridgehead atoms. The van der Waals surface area contributed by atoms with Crippen molar-refractivity contribution in [1.82, 2.24) is 29.9 Å². The second-order valence-corrected chi connectivity index (χ2v) is 11.6. The minimum absolute atomic E-state index is 0.100. The zero-order chi connectivity index (χ0) is 28.1. The molecule has 5 aromatic rings. The van der Waals surface area contributed by atoms with Crippen molar-refractivity contribution in [3.63, 3.8) is 0 Å². The van der Waals surface area contributed by atoms with Crippen LogP contribution in [0.5, 0.6) is 0 Å². The summed E-state index contributed by atoms with van der Waals surface area (Å²) in [5.74, 6) is 0.878. The molecule has 41 heavy (non-hydrogen) atoms. The molecule has 0 unspecified atom stereocenters. The number of nitrogens with zero attached hydrogens (tertiary/aromatic N) is 7. The Balaban J connectivity index is 1.15. The number of halogens is 1. The molecule has 210 valence electrons. The third-order valence-electron chi connectivity index (χ3n) is 7.61. The number of thioether (sulfide) groups is 1. The predicted molar refractivity (Wildman–Crippen MR) is 153 cm³/mol. The van der Waals surface area contributed by atoms with E-state index < -0.39 is 5.82 Å². The molecule has 0 spiro atoms. The van der Waals surface area contributed by atoms with Gasteiger partial charge in [0.25, 0.3) is 11.1 Å². The highest BCUT2D eigenvalue weighted by molar-refractivity contribution is 7.98. The molecule has 3 aromatic heterocycles. The molecule has 1 aliphatic heterocycles.